The summed E-state index contributed by atoms with van der Waals surface area (Å²) in [6.07, 6.45) is 9.66. The number of rotatable bonds is 5. The average Bonchev–Trinajstić information content (AvgIpc) is 3.45. The lowest BCUT2D eigenvalue weighted by Gasteiger charge is -2.57. The summed E-state index contributed by atoms with van der Waals surface area (Å²) >= 11 is 0. The molecule has 0 saturated heterocycles. The molecule has 8 rings (SSSR count). The van der Waals surface area contributed by atoms with Crippen LogP contribution in [0.5, 0.6) is 0 Å². The third kappa shape index (κ3) is 4.21. The van der Waals surface area contributed by atoms with E-state index in [0.29, 0.717) is 16.7 Å². The molecule has 4 bridgehead atoms. The SMILES string of the molecule is Cc1cc(/C=C(/C#N)C2=NN(c3ccccc3)[C@H](N)[C@@H]2C#N)c(C)n1-c1ccc(C23CC4CC(CC(C4)C2)C3)cc1. The first-order valence-electron chi connectivity index (χ1n) is 14.9. The van der Waals surface area contributed by atoms with E-state index < -0.39 is 12.1 Å². The Bertz CT molecular complexity index is 1590. The normalized spacial score (nSPS) is 30.3. The van der Waals surface area contributed by atoms with Gasteiger partial charge in [0, 0.05) is 17.1 Å². The van der Waals surface area contributed by atoms with Gasteiger partial charge in [0.05, 0.1) is 23.0 Å². The summed E-state index contributed by atoms with van der Waals surface area (Å²) in [5.41, 5.74) is 14.1. The number of hydrogen-bond acceptors (Lipinski definition) is 5. The van der Waals surface area contributed by atoms with E-state index in [0.717, 1.165) is 46.1 Å². The largest absolute Gasteiger partial charge is 0.318 e. The third-order valence-corrected chi connectivity index (χ3v) is 10.2. The van der Waals surface area contributed by atoms with Gasteiger partial charge in [-0.2, -0.15) is 15.6 Å². The van der Waals surface area contributed by atoms with E-state index in [1.165, 1.54) is 44.1 Å². The Kier molecular flexibility index (Phi) is 6.14. The van der Waals surface area contributed by atoms with E-state index >= 15 is 0 Å². The fourth-order valence-electron chi connectivity index (χ4n) is 8.80. The van der Waals surface area contributed by atoms with Gasteiger partial charge in [-0.3, -0.25) is 0 Å². The molecule has 1 aliphatic heterocycles. The van der Waals surface area contributed by atoms with Gasteiger partial charge in [-0.25, -0.2) is 5.01 Å². The maximum absolute atomic E-state index is 10.2. The van der Waals surface area contributed by atoms with Crippen molar-refractivity contribution < 1.29 is 0 Å². The second kappa shape index (κ2) is 9.75. The van der Waals surface area contributed by atoms with Crippen LogP contribution >= 0.6 is 0 Å². The third-order valence-electron chi connectivity index (χ3n) is 10.2. The number of nitrogens with two attached hydrogens (primary N) is 1. The Morgan fingerprint density at radius 1 is 0.927 bits per heavy atom. The molecule has 0 unspecified atom stereocenters. The summed E-state index contributed by atoms with van der Waals surface area (Å²) in [5.74, 6) is 2.08. The van der Waals surface area contributed by atoms with E-state index in [9.17, 15) is 10.5 Å². The number of anilines is 1. The van der Waals surface area contributed by atoms with Crippen LogP contribution in [0.2, 0.25) is 0 Å². The number of aromatic nitrogens is 1. The molecule has 6 nitrogen and oxygen atoms in total. The highest BCUT2D eigenvalue weighted by Gasteiger charge is 2.51. The second-order valence-corrected chi connectivity index (χ2v) is 12.8. The number of benzene rings is 2. The van der Waals surface area contributed by atoms with E-state index in [1.807, 2.05) is 36.4 Å². The van der Waals surface area contributed by atoms with Crippen molar-refractivity contribution in [1.82, 2.24) is 4.57 Å². The van der Waals surface area contributed by atoms with Gasteiger partial charge in [0.2, 0.25) is 0 Å². The van der Waals surface area contributed by atoms with Crippen molar-refractivity contribution in [2.45, 2.75) is 64.0 Å². The summed E-state index contributed by atoms with van der Waals surface area (Å²) in [5, 5.41) is 26.4. The van der Waals surface area contributed by atoms with Crippen LogP contribution in [-0.2, 0) is 5.41 Å². The minimum Gasteiger partial charge on any atom is -0.318 e. The predicted molar refractivity (Wildman–Crippen MR) is 162 cm³/mol. The molecule has 2 heterocycles. The van der Waals surface area contributed by atoms with Crippen LogP contribution in [0.4, 0.5) is 5.69 Å². The van der Waals surface area contributed by atoms with E-state index in [1.54, 1.807) is 5.01 Å². The highest BCUT2D eigenvalue weighted by Crippen LogP contribution is 2.60. The average molecular weight is 541 g/mol. The Labute approximate surface area is 242 Å². The molecule has 2 N–H and O–H groups in total. The number of allylic oxidation sites excluding steroid dienone is 1. The zero-order valence-corrected chi connectivity index (χ0v) is 23.8. The Morgan fingerprint density at radius 2 is 1.56 bits per heavy atom. The van der Waals surface area contributed by atoms with Crippen molar-refractivity contribution in [3.8, 4) is 17.8 Å². The second-order valence-electron chi connectivity index (χ2n) is 12.8. The van der Waals surface area contributed by atoms with Crippen LogP contribution < -0.4 is 10.7 Å². The van der Waals surface area contributed by atoms with Gasteiger partial charge in [0.1, 0.15) is 18.2 Å². The standard InChI is InChI=1S/C35H36N6/c1-22-12-27(16-28(20-36)33-32(21-37)34(38)41(39-33)31-6-4-3-5-7-31)23(2)40(22)30-10-8-29(9-11-30)35-17-24-13-25(18-35)15-26(14-24)19-35/h3-12,16,24-26,32,34H,13-15,17-19,38H2,1-2H3/b28-16-/t24?,25?,26?,32-,34+,35?/m1/s1. The van der Waals surface area contributed by atoms with Crippen molar-refractivity contribution >= 4 is 17.5 Å². The van der Waals surface area contributed by atoms with Crippen molar-refractivity contribution in [3.63, 3.8) is 0 Å². The van der Waals surface area contributed by atoms with Gasteiger partial charge in [-0.05, 0) is 123 Å². The summed E-state index contributed by atoms with van der Waals surface area (Å²) in [6.45, 7) is 4.18. The molecule has 0 spiro atoms. The smallest absolute Gasteiger partial charge is 0.127 e. The van der Waals surface area contributed by atoms with Gasteiger partial charge < -0.3 is 10.3 Å². The highest BCUT2D eigenvalue weighted by molar-refractivity contribution is 6.11. The molecule has 3 aromatic rings. The molecule has 4 aliphatic carbocycles. The number of hydrazone groups is 1. The van der Waals surface area contributed by atoms with Gasteiger partial charge in [-0.1, -0.05) is 30.3 Å². The minimum absolute atomic E-state index is 0.364. The van der Waals surface area contributed by atoms with E-state index in [2.05, 4.69) is 66.0 Å². The summed E-state index contributed by atoms with van der Waals surface area (Å²) < 4.78 is 2.25. The fraction of sp³-hybridized carbons (Fsp3) is 0.400. The molecule has 0 amide bonds. The molecule has 5 aliphatic rings. The summed E-state index contributed by atoms with van der Waals surface area (Å²) in [7, 11) is 0. The van der Waals surface area contributed by atoms with Crippen molar-refractivity contribution in [1.29, 1.82) is 10.5 Å². The first kappa shape index (κ1) is 25.8. The zero-order chi connectivity index (χ0) is 28.3. The minimum atomic E-state index is -0.707. The Hall–Kier alpha value is -4.13. The molecule has 2 aromatic carbocycles. The predicted octanol–water partition coefficient (Wildman–Crippen LogP) is 6.77. The topological polar surface area (TPSA) is 94.1 Å². The van der Waals surface area contributed by atoms with Crippen LogP contribution in [0.25, 0.3) is 11.8 Å². The number of nitrogens with zero attached hydrogens (tertiary/aromatic N) is 5. The Balaban J connectivity index is 1.19. The van der Waals surface area contributed by atoms with E-state index in [4.69, 9.17) is 5.73 Å². The molecular weight excluding hydrogens is 504 g/mol. The number of para-hydroxylation sites is 1. The van der Waals surface area contributed by atoms with Gasteiger partial charge in [0.25, 0.3) is 0 Å². The molecule has 41 heavy (non-hydrogen) atoms. The van der Waals surface area contributed by atoms with Gasteiger partial charge in [-0.15, -0.1) is 0 Å². The van der Waals surface area contributed by atoms with Crippen LogP contribution in [-0.4, -0.2) is 16.4 Å². The first-order chi connectivity index (χ1) is 19.9. The zero-order valence-electron chi connectivity index (χ0n) is 23.8. The lowest BCUT2D eigenvalue weighted by molar-refractivity contribution is -0.00518. The van der Waals surface area contributed by atoms with Crippen molar-refractivity contribution in [3.05, 3.63) is 88.8 Å². The maximum Gasteiger partial charge on any atom is 0.127 e. The number of aryl methyl sites for hydroxylation is 1. The fourth-order valence-corrected chi connectivity index (χ4v) is 8.80. The first-order valence-corrected chi connectivity index (χ1v) is 14.9. The summed E-state index contributed by atoms with van der Waals surface area (Å²) in [6, 6.07) is 25.5. The molecule has 4 fully saturated rings. The lowest BCUT2D eigenvalue weighted by atomic mass is 9.48. The highest BCUT2D eigenvalue weighted by atomic mass is 15.5. The molecule has 6 heteroatoms. The molecule has 4 saturated carbocycles. The molecule has 1 aromatic heterocycles. The van der Waals surface area contributed by atoms with Crippen LogP contribution in [0.1, 0.15) is 61.0 Å². The van der Waals surface area contributed by atoms with E-state index in [-0.39, 0.29) is 0 Å². The van der Waals surface area contributed by atoms with Crippen molar-refractivity contribution in [2.75, 3.05) is 5.01 Å². The van der Waals surface area contributed by atoms with Gasteiger partial charge in [0.15, 0.2) is 0 Å². The van der Waals surface area contributed by atoms with Crippen LogP contribution in [0.3, 0.4) is 0 Å². The quantitative estimate of drug-likeness (QED) is 0.361. The molecule has 2 atom stereocenters. The molecule has 206 valence electrons. The number of hydrogen-bond donors (Lipinski definition) is 1. The van der Waals surface area contributed by atoms with Crippen LogP contribution in [0, 0.1) is 60.2 Å². The Morgan fingerprint density at radius 3 is 2.15 bits per heavy atom. The monoisotopic (exact) mass is 540 g/mol. The molecule has 0 radical (unpaired) electrons. The van der Waals surface area contributed by atoms with Gasteiger partial charge >= 0.3 is 0 Å². The summed E-state index contributed by atoms with van der Waals surface area (Å²) in [4.78, 5) is 0. The van der Waals surface area contributed by atoms with Crippen LogP contribution in [0.15, 0.2) is 71.3 Å². The number of nitriles is 2. The lowest BCUT2D eigenvalue weighted by Crippen LogP contribution is -2.48. The van der Waals surface area contributed by atoms with Crippen molar-refractivity contribution in [2.24, 2.45) is 34.5 Å². The maximum atomic E-state index is 10.2. The molecular formula is C35H36N6.